The summed E-state index contributed by atoms with van der Waals surface area (Å²) in [6, 6.07) is 1.12. The molecule has 80 valence electrons. The lowest BCUT2D eigenvalue weighted by Gasteiger charge is -2.05. The molecule has 0 bridgehead atoms. The summed E-state index contributed by atoms with van der Waals surface area (Å²) in [5, 5.41) is 17.0. The second-order valence-corrected chi connectivity index (χ2v) is 2.40. The Morgan fingerprint density at radius 1 is 1.40 bits per heavy atom. The van der Waals surface area contributed by atoms with Crippen LogP contribution in [0.4, 0.5) is 4.79 Å². The monoisotopic (exact) mass is 213 g/mol. The number of pyridine rings is 1. The number of hydrogen-bond donors (Lipinski definition) is 2. The molecule has 0 saturated carbocycles. The van der Waals surface area contributed by atoms with Gasteiger partial charge in [0.05, 0.1) is 12.7 Å². The van der Waals surface area contributed by atoms with Crippen molar-refractivity contribution in [3.8, 4) is 11.6 Å². The zero-order valence-electron chi connectivity index (χ0n) is 7.63. The number of ether oxygens (including phenoxy) is 2. The third-order valence-corrected chi connectivity index (χ3v) is 1.47. The molecule has 0 fully saturated rings. The summed E-state index contributed by atoms with van der Waals surface area (Å²) in [4.78, 5) is 24.3. The maximum atomic E-state index is 10.5. The Kier molecular flexibility index (Phi) is 3.06. The quantitative estimate of drug-likeness (QED) is 0.716. The highest BCUT2D eigenvalue weighted by molar-refractivity contribution is 5.87. The maximum absolute atomic E-state index is 10.5. The third-order valence-electron chi connectivity index (χ3n) is 1.47. The van der Waals surface area contributed by atoms with E-state index >= 15 is 0 Å². The molecule has 0 spiro atoms. The van der Waals surface area contributed by atoms with Crippen LogP contribution in [0, 0.1) is 0 Å². The van der Waals surface area contributed by atoms with Gasteiger partial charge in [0.2, 0.25) is 0 Å². The summed E-state index contributed by atoms with van der Waals surface area (Å²) >= 11 is 0. The Morgan fingerprint density at radius 3 is 2.53 bits per heavy atom. The molecule has 0 aromatic carbocycles. The number of rotatable bonds is 3. The van der Waals surface area contributed by atoms with E-state index in [0.29, 0.717) is 0 Å². The van der Waals surface area contributed by atoms with E-state index in [1.165, 1.54) is 7.11 Å². The van der Waals surface area contributed by atoms with Crippen LogP contribution in [0.15, 0.2) is 12.3 Å². The molecule has 15 heavy (non-hydrogen) atoms. The standard InChI is InChI=1S/C8H7NO6/c1-14-5-2-4(7(10)11)3-9-6(5)15-8(12)13/h2-3H,1H3,(H,10,11)(H,12,13). The van der Waals surface area contributed by atoms with Crippen molar-refractivity contribution in [1.82, 2.24) is 4.98 Å². The van der Waals surface area contributed by atoms with Gasteiger partial charge in [-0.25, -0.2) is 14.6 Å². The summed E-state index contributed by atoms with van der Waals surface area (Å²) in [7, 11) is 1.25. The first-order valence-electron chi connectivity index (χ1n) is 3.72. The zero-order chi connectivity index (χ0) is 11.4. The van der Waals surface area contributed by atoms with Crippen LogP contribution < -0.4 is 9.47 Å². The Bertz CT molecular complexity index is 402. The van der Waals surface area contributed by atoms with Crippen molar-refractivity contribution < 1.29 is 29.3 Å². The number of methoxy groups -OCH3 is 1. The molecular weight excluding hydrogens is 206 g/mol. The minimum Gasteiger partial charge on any atom is -0.491 e. The highest BCUT2D eigenvalue weighted by Crippen LogP contribution is 2.24. The largest absolute Gasteiger partial charge is 0.512 e. The van der Waals surface area contributed by atoms with E-state index in [9.17, 15) is 9.59 Å². The zero-order valence-corrected chi connectivity index (χ0v) is 7.63. The highest BCUT2D eigenvalue weighted by Gasteiger charge is 2.13. The number of nitrogens with zero attached hydrogens (tertiary/aromatic N) is 1. The molecule has 0 aliphatic carbocycles. The van der Waals surface area contributed by atoms with Gasteiger partial charge in [-0.1, -0.05) is 0 Å². The average molecular weight is 213 g/mol. The summed E-state index contributed by atoms with van der Waals surface area (Å²) in [6.45, 7) is 0. The van der Waals surface area contributed by atoms with Crippen molar-refractivity contribution in [1.29, 1.82) is 0 Å². The second kappa shape index (κ2) is 4.27. The molecule has 2 N–H and O–H groups in total. The van der Waals surface area contributed by atoms with Gasteiger partial charge in [-0.3, -0.25) is 0 Å². The molecule has 0 unspecified atom stereocenters. The third kappa shape index (κ3) is 2.56. The second-order valence-electron chi connectivity index (χ2n) is 2.40. The van der Waals surface area contributed by atoms with Crippen molar-refractivity contribution in [2.24, 2.45) is 0 Å². The van der Waals surface area contributed by atoms with Gasteiger partial charge < -0.3 is 19.7 Å². The van der Waals surface area contributed by atoms with Crippen LogP contribution in [0.2, 0.25) is 0 Å². The van der Waals surface area contributed by atoms with Gasteiger partial charge in [0, 0.05) is 12.3 Å². The van der Waals surface area contributed by atoms with E-state index in [2.05, 4.69) is 9.72 Å². The van der Waals surface area contributed by atoms with E-state index in [-0.39, 0.29) is 17.2 Å². The van der Waals surface area contributed by atoms with E-state index in [0.717, 1.165) is 12.3 Å². The van der Waals surface area contributed by atoms with Gasteiger partial charge >= 0.3 is 12.1 Å². The summed E-state index contributed by atoms with van der Waals surface area (Å²) in [5.74, 6) is -1.55. The van der Waals surface area contributed by atoms with Crippen molar-refractivity contribution in [2.75, 3.05) is 7.11 Å². The number of carbonyl (C=O) groups is 2. The molecule has 1 aromatic rings. The van der Waals surface area contributed by atoms with Crippen LogP contribution in [-0.4, -0.2) is 34.4 Å². The maximum Gasteiger partial charge on any atom is 0.512 e. The van der Waals surface area contributed by atoms with Crippen molar-refractivity contribution >= 4 is 12.1 Å². The van der Waals surface area contributed by atoms with Crippen molar-refractivity contribution in [3.05, 3.63) is 17.8 Å². The molecule has 1 rings (SSSR count). The smallest absolute Gasteiger partial charge is 0.491 e. The molecular formula is C8H7NO6. The minimum atomic E-state index is -1.55. The van der Waals surface area contributed by atoms with Gasteiger partial charge in [-0.15, -0.1) is 0 Å². The van der Waals surface area contributed by atoms with Gasteiger partial charge in [-0.2, -0.15) is 0 Å². The SMILES string of the molecule is COc1cc(C(=O)O)cnc1OC(=O)O. The van der Waals surface area contributed by atoms with E-state index in [1.807, 2.05) is 0 Å². The number of aromatic carboxylic acids is 1. The Balaban J connectivity index is 3.08. The number of carboxylic acids is 1. The van der Waals surface area contributed by atoms with Crippen molar-refractivity contribution in [2.45, 2.75) is 0 Å². The Labute approximate surface area is 83.9 Å². The fourth-order valence-electron chi connectivity index (χ4n) is 0.855. The fourth-order valence-corrected chi connectivity index (χ4v) is 0.855. The molecule has 1 heterocycles. The summed E-state index contributed by atoms with van der Waals surface area (Å²) in [6.07, 6.45) is -0.577. The van der Waals surface area contributed by atoms with Crippen LogP contribution in [0.3, 0.4) is 0 Å². The normalized spacial score (nSPS) is 9.40. The Hall–Kier alpha value is -2.31. The van der Waals surface area contributed by atoms with Crippen LogP contribution in [0.1, 0.15) is 10.4 Å². The first-order chi connectivity index (χ1) is 7.04. The molecule has 7 nitrogen and oxygen atoms in total. The number of carboxylic acid groups (broad SMARTS) is 2. The molecule has 0 saturated heterocycles. The van der Waals surface area contributed by atoms with Crippen LogP contribution in [0.25, 0.3) is 0 Å². The fraction of sp³-hybridized carbons (Fsp3) is 0.125. The Morgan fingerprint density at radius 2 is 2.07 bits per heavy atom. The lowest BCUT2D eigenvalue weighted by atomic mass is 10.3. The van der Waals surface area contributed by atoms with Crippen LogP contribution >= 0.6 is 0 Å². The predicted molar refractivity (Wildman–Crippen MR) is 46.4 cm³/mol. The summed E-state index contributed by atoms with van der Waals surface area (Å²) < 4.78 is 8.98. The minimum absolute atomic E-state index is 0.0581. The van der Waals surface area contributed by atoms with Gasteiger partial charge in [0.1, 0.15) is 0 Å². The van der Waals surface area contributed by atoms with Crippen molar-refractivity contribution in [3.63, 3.8) is 0 Å². The molecule has 0 atom stereocenters. The lowest BCUT2D eigenvalue weighted by Crippen LogP contribution is -2.07. The highest BCUT2D eigenvalue weighted by atomic mass is 16.7. The molecule has 1 aromatic heterocycles. The molecule has 0 amide bonds. The van der Waals surface area contributed by atoms with Gasteiger partial charge in [-0.05, 0) is 0 Å². The average Bonchev–Trinajstić information content (AvgIpc) is 2.17. The molecule has 0 aliphatic rings. The molecule has 0 radical (unpaired) electrons. The van der Waals surface area contributed by atoms with E-state index < -0.39 is 12.1 Å². The number of aromatic nitrogens is 1. The first-order valence-corrected chi connectivity index (χ1v) is 3.72. The lowest BCUT2D eigenvalue weighted by molar-refractivity contribution is 0.0696. The number of hydrogen-bond acceptors (Lipinski definition) is 5. The van der Waals surface area contributed by atoms with Gasteiger partial charge in [0.15, 0.2) is 5.75 Å². The molecule has 7 heteroatoms. The van der Waals surface area contributed by atoms with Crippen LogP contribution in [-0.2, 0) is 0 Å². The summed E-state index contributed by atoms with van der Waals surface area (Å²) in [5.41, 5.74) is -0.121. The topological polar surface area (TPSA) is 106 Å². The molecule has 0 aliphatic heterocycles. The van der Waals surface area contributed by atoms with E-state index in [1.54, 1.807) is 0 Å². The predicted octanol–water partition coefficient (Wildman–Crippen LogP) is 0.845. The van der Waals surface area contributed by atoms with Crippen LogP contribution in [0.5, 0.6) is 11.6 Å². The first kappa shape index (κ1) is 10.8. The van der Waals surface area contributed by atoms with Gasteiger partial charge in [0.25, 0.3) is 5.88 Å². The van der Waals surface area contributed by atoms with E-state index in [4.69, 9.17) is 14.9 Å².